The molecule has 2 heterocycles. The summed E-state index contributed by atoms with van der Waals surface area (Å²) in [6, 6.07) is 2.02. The number of rotatable bonds is 2. The van der Waals surface area contributed by atoms with Crippen LogP contribution in [0, 0.1) is 0 Å². The van der Waals surface area contributed by atoms with Gasteiger partial charge in [-0.05, 0) is 13.8 Å². The molecule has 0 atom stereocenters. The second-order valence-electron chi connectivity index (χ2n) is 3.33. The van der Waals surface area contributed by atoms with Gasteiger partial charge in [0.1, 0.15) is 12.1 Å². The summed E-state index contributed by atoms with van der Waals surface area (Å²) >= 11 is 0. The summed E-state index contributed by atoms with van der Waals surface area (Å²) in [5, 5.41) is 9.30. The first-order valence-electron chi connectivity index (χ1n) is 4.36. The maximum Gasteiger partial charge on any atom is 0.348 e. The Hall–Kier alpha value is -1.85. The molecular formula is C8H11N5O. The van der Waals surface area contributed by atoms with Gasteiger partial charge >= 0.3 is 5.69 Å². The molecule has 0 saturated heterocycles. The lowest BCUT2D eigenvalue weighted by Crippen LogP contribution is -2.13. The van der Waals surface area contributed by atoms with Crippen molar-refractivity contribution in [3.8, 4) is 0 Å². The van der Waals surface area contributed by atoms with Crippen LogP contribution in [0.1, 0.15) is 13.8 Å². The summed E-state index contributed by atoms with van der Waals surface area (Å²) in [7, 11) is 0. The molecule has 0 aliphatic carbocycles. The van der Waals surface area contributed by atoms with E-state index >= 15 is 0 Å². The van der Waals surface area contributed by atoms with Crippen LogP contribution in [0.5, 0.6) is 0 Å². The van der Waals surface area contributed by atoms with Crippen LogP contribution < -0.4 is 11.0 Å². The van der Waals surface area contributed by atoms with Gasteiger partial charge in [0.05, 0.1) is 0 Å². The van der Waals surface area contributed by atoms with Crippen LogP contribution in [0.25, 0.3) is 5.65 Å². The van der Waals surface area contributed by atoms with Crippen LogP contribution in [-0.4, -0.2) is 25.6 Å². The minimum absolute atomic E-state index is 0.274. The fourth-order valence-electron chi connectivity index (χ4n) is 1.18. The topological polar surface area (TPSA) is 75.1 Å². The lowest BCUT2D eigenvalue weighted by molar-refractivity contribution is 0.883. The van der Waals surface area contributed by atoms with Gasteiger partial charge in [0.2, 0.25) is 0 Å². The number of H-pyrrole nitrogens is 1. The van der Waals surface area contributed by atoms with Crippen LogP contribution in [0.15, 0.2) is 17.2 Å². The summed E-state index contributed by atoms with van der Waals surface area (Å²) in [6.45, 7) is 4.03. The number of hydrogen-bond acceptors (Lipinski definition) is 4. The van der Waals surface area contributed by atoms with E-state index in [0.29, 0.717) is 17.5 Å². The van der Waals surface area contributed by atoms with Gasteiger partial charge in [0.25, 0.3) is 0 Å². The molecule has 0 aliphatic rings. The van der Waals surface area contributed by atoms with Crippen LogP contribution in [0.2, 0.25) is 0 Å². The fourth-order valence-corrected chi connectivity index (χ4v) is 1.18. The Balaban J connectivity index is 2.47. The van der Waals surface area contributed by atoms with E-state index in [-0.39, 0.29) is 5.69 Å². The first kappa shape index (κ1) is 8.74. The molecule has 0 bridgehead atoms. The smallest absolute Gasteiger partial charge is 0.348 e. The third kappa shape index (κ3) is 1.46. The second-order valence-corrected chi connectivity index (χ2v) is 3.33. The molecular weight excluding hydrogens is 182 g/mol. The molecule has 0 saturated carbocycles. The predicted octanol–water partition coefficient (Wildman–Crippen LogP) is 0.238. The van der Waals surface area contributed by atoms with E-state index in [4.69, 9.17) is 0 Å². The average molecular weight is 193 g/mol. The molecule has 0 fully saturated rings. The highest BCUT2D eigenvalue weighted by atomic mass is 16.1. The van der Waals surface area contributed by atoms with Crippen molar-refractivity contribution < 1.29 is 0 Å². The van der Waals surface area contributed by atoms with Gasteiger partial charge in [-0.25, -0.2) is 19.3 Å². The quantitative estimate of drug-likeness (QED) is 0.716. The molecule has 0 unspecified atom stereocenters. The molecule has 0 amide bonds. The number of anilines is 1. The van der Waals surface area contributed by atoms with Crippen LogP contribution in [0.4, 0.5) is 5.82 Å². The Labute approximate surface area is 80.0 Å². The minimum atomic E-state index is -0.274. The third-order valence-electron chi connectivity index (χ3n) is 1.75. The number of nitrogens with zero attached hydrogens (tertiary/aromatic N) is 3. The van der Waals surface area contributed by atoms with Crippen molar-refractivity contribution >= 4 is 11.5 Å². The van der Waals surface area contributed by atoms with E-state index in [0.717, 1.165) is 0 Å². The molecule has 2 aromatic rings. The van der Waals surface area contributed by atoms with Crippen molar-refractivity contribution in [1.82, 2.24) is 19.6 Å². The van der Waals surface area contributed by atoms with Crippen LogP contribution in [-0.2, 0) is 0 Å². The van der Waals surface area contributed by atoms with Gasteiger partial charge in [-0.2, -0.15) is 5.10 Å². The molecule has 0 spiro atoms. The Morgan fingerprint density at radius 3 is 3.07 bits per heavy atom. The Kier molecular flexibility index (Phi) is 1.95. The number of aromatic amines is 1. The number of nitrogens with one attached hydrogen (secondary N) is 2. The Morgan fingerprint density at radius 2 is 2.36 bits per heavy atom. The van der Waals surface area contributed by atoms with Crippen LogP contribution in [0.3, 0.4) is 0 Å². The molecule has 0 radical (unpaired) electrons. The highest BCUT2D eigenvalue weighted by Crippen LogP contribution is 2.05. The molecule has 2 N–H and O–H groups in total. The van der Waals surface area contributed by atoms with Crippen molar-refractivity contribution in [2.24, 2.45) is 0 Å². The predicted molar refractivity (Wildman–Crippen MR) is 52.4 cm³/mol. The number of fused-ring (bicyclic) bond motifs is 1. The first-order valence-corrected chi connectivity index (χ1v) is 4.36. The number of aromatic nitrogens is 4. The first-order chi connectivity index (χ1) is 6.66. The highest BCUT2D eigenvalue weighted by molar-refractivity contribution is 5.48. The average Bonchev–Trinajstić information content (AvgIpc) is 2.46. The van der Waals surface area contributed by atoms with Crippen molar-refractivity contribution in [1.29, 1.82) is 0 Å². The van der Waals surface area contributed by atoms with Crippen molar-refractivity contribution in [2.45, 2.75) is 19.9 Å². The third-order valence-corrected chi connectivity index (χ3v) is 1.75. The molecule has 6 nitrogen and oxygen atoms in total. The summed E-state index contributed by atoms with van der Waals surface area (Å²) in [6.07, 6.45) is 1.45. The van der Waals surface area contributed by atoms with Crippen molar-refractivity contribution in [3.05, 3.63) is 22.9 Å². The maximum absolute atomic E-state index is 11.1. The fraction of sp³-hybridized carbons (Fsp3) is 0.375. The summed E-state index contributed by atoms with van der Waals surface area (Å²) in [5.41, 5.74) is 0.289. The van der Waals surface area contributed by atoms with E-state index in [1.807, 2.05) is 13.8 Å². The van der Waals surface area contributed by atoms with E-state index in [1.165, 1.54) is 10.7 Å². The van der Waals surface area contributed by atoms with Gasteiger partial charge in [-0.1, -0.05) is 0 Å². The van der Waals surface area contributed by atoms with Gasteiger partial charge in [0, 0.05) is 12.1 Å². The maximum atomic E-state index is 11.1. The van der Waals surface area contributed by atoms with E-state index in [2.05, 4.69) is 20.5 Å². The van der Waals surface area contributed by atoms with Gasteiger partial charge in [0.15, 0.2) is 5.65 Å². The molecule has 0 aromatic carbocycles. The Bertz CT molecular complexity index is 498. The molecule has 2 aromatic heterocycles. The standard InChI is InChI=1S/C8H11N5O/c1-5(2)10-6-3-7-11-12-8(14)13(7)4-9-6/h3-5,10H,1-2H3,(H,12,14). The molecule has 2 rings (SSSR count). The van der Waals surface area contributed by atoms with Gasteiger partial charge in [-0.3, -0.25) is 0 Å². The van der Waals surface area contributed by atoms with Crippen LogP contribution >= 0.6 is 0 Å². The molecule has 74 valence electrons. The SMILES string of the molecule is CC(C)Nc1cc2n[nH]c(=O)n2cn1. The normalized spacial score (nSPS) is 11.1. The highest BCUT2D eigenvalue weighted by Gasteiger charge is 2.02. The van der Waals surface area contributed by atoms with E-state index < -0.39 is 0 Å². The zero-order valence-corrected chi connectivity index (χ0v) is 7.98. The number of hydrogen-bond donors (Lipinski definition) is 2. The molecule has 14 heavy (non-hydrogen) atoms. The van der Waals surface area contributed by atoms with Crippen molar-refractivity contribution in [2.75, 3.05) is 5.32 Å². The zero-order valence-electron chi connectivity index (χ0n) is 7.98. The summed E-state index contributed by atoms with van der Waals surface area (Å²) in [4.78, 5) is 15.2. The largest absolute Gasteiger partial charge is 0.368 e. The minimum Gasteiger partial charge on any atom is -0.368 e. The van der Waals surface area contributed by atoms with Gasteiger partial charge < -0.3 is 5.32 Å². The lowest BCUT2D eigenvalue weighted by atomic mass is 10.4. The molecule has 0 aliphatic heterocycles. The zero-order chi connectivity index (χ0) is 10.1. The van der Waals surface area contributed by atoms with Crippen molar-refractivity contribution in [3.63, 3.8) is 0 Å². The Morgan fingerprint density at radius 1 is 1.57 bits per heavy atom. The van der Waals surface area contributed by atoms with Gasteiger partial charge in [-0.15, -0.1) is 0 Å². The van der Waals surface area contributed by atoms with E-state index in [9.17, 15) is 4.79 Å². The lowest BCUT2D eigenvalue weighted by Gasteiger charge is -2.07. The molecule has 6 heteroatoms. The summed E-state index contributed by atoms with van der Waals surface area (Å²) in [5.74, 6) is 0.714. The second kappa shape index (κ2) is 3.13. The summed E-state index contributed by atoms with van der Waals surface area (Å²) < 4.78 is 1.35. The monoisotopic (exact) mass is 193 g/mol. The van der Waals surface area contributed by atoms with E-state index in [1.54, 1.807) is 6.07 Å².